The van der Waals surface area contributed by atoms with Gasteiger partial charge in [-0.05, 0) is 59.3 Å². The van der Waals surface area contributed by atoms with Crippen LogP contribution >= 0.6 is 15.9 Å². The van der Waals surface area contributed by atoms with E-state index in [2.05, 4.69) is 33.8 Å². The number of hydrogen-bond donors (Lipinski definition) is 1. The van der Waals surface area contributed by atoms with Crippen molar-refractivity contribution in [2.24, 2.45) is 5.92 Å². The van der Waals surface area contributed by atoms with Crippen molar-refractivity contribution in [1.82, 2.24) is 0 Å². The number of hydrogen-bond acceptors (Lipinski definition) is 2. The molecular weight excluding hydrogens is 278 g/mol. The molecule has 3 heteroatoms. The highest BCUT2D eigenvalue weighted by atomic mass is 79.9. The molecule has 2 rings (SSSR count). The number of rotatable bonds is 2. The molecule has 1 aliphatic heterocycles. The summed E-state index contributed by atoms with van der Waals surface area (Å²) in [6.07, 6.45) is 2.20. The topological polar surface area (TPSA) is 23.5 Å². The fraction of sp³-hybridized carbons (Fsp3) is 0.571. The quantitative estimate of drug-likeness (QED) is 0.899. The zero-order chi connectivity index (χ0) is 12.4. The van der Waals surface area contributed by atoms with Crippen molar-refractivity contribution in [3.05, 3.63) is 28.2 Å². The van der Waals surface area contributed by atoms with E-state index < -0.39 is 6.10 Å². The van der Waals surface area contributed by atoms with E-state index in [1.165, 1.54) is 18.5 Å². The molecule has 0 aliphatic carbocycles. The maximum atomic E-state index is 9.56. The molecular formula is C14H20BrNO. The Morgan fingerprint density at radius 1 is 1.47 bits per heavy atom. The minimum atomic E-state index is -0.402. The summed E-state index contributed by atoms with van der Waals surface area (Å²) in [7, 11) is 0. The lowest BCUT2D eigenvalue weighted by atomic mass is 9.99. The second-order valence-electron chi connectivity index (χ2n) is 5.08. The molecule has 1 heterocycles. The fourth-order valence-corrected chi connectivity index (χ4v) is 3.09. The molecule has 2 nitrogen and oxygen atoms in total. The van der Waals surface area contributed by atoms with Crippen LogP contribution in [0.25, 0.3) is 0 Å². The Bertz CT molecular complexity index is 392. The van der Waals surface area contributed by atoms with Gasteiger partial charge in [-0.1, -0.05) is 13.0 Å². The third kappa shape index (κ3) is 3.02. The molecule has 94 valence electrons. The molecule has 1 fully saturated rings. The van der Waals surface area contributed by atoms with Crippen molar-refractivity contribution in [2.75, 3.05) is 18.0 Å². The summed E-state index contributed by atoms with van der Waals surface area (Å²) in [5.74, 6) is 0.770. The summed E-state index contributed by atoms with van der Waals surface area (Å²) in [5.41, 5.74) is 2.21. The van der Waals surface area contributed by atoms with Crippen LogP contribution in [0.3, 0.4) is 0 Å². The Hall–Kier alpha value is -0.540. The van der Waals surface area contributed by atoms with E-state index in [0.29, 0.717) is 0 Å². The first-order chi connectivity index (χ1) is 8.08. The zero-order valence-corrected chi connectivity index (χ0v) is 12.1. The van der Waals surface area contributed by atoms with E-state index in [-0.39, 0.29) is 0 Å². The summed E-state index contributed by atoms with van der Waals surface area (Å²) >= 11 is 3.62. The Labute approximate surface area is 112 Å². The first kappa shape index (κ1) is 12.9. The average molecular weight is 298 g/mol. The summed E-state index contributed by atoms with van der Waals surface area (Å²) < 4.78 is 1.09. The molecule has 1 aromatic carbocycles. The molecule has 0 aromatic heterocycles. The second-order valence-corrected chi connectivity index (χ2v) is 5.93. The summed E-state index contributed by atoms with van der Waals surface area (Å²) in [6.45, 7) is 6.37. The Balaban J connectivity index is 2.21. The van der Waals surface area contributed by atoms with Gasteiger partial charge in [-0.15, -0.1) is 0 Å². The van der Waals surface area contributed by atoms with Gasteiger partial charge in [-0.3, -0.25) is 0 Å². The highest BCUT2D eigenvalue weighted by molar-refractivity contribution is 9.10. The molecule has 2 unspecified atom stereocenters. The van der Waals surface area contributed by atoms with Crippen LogP contribution in [-0.2, 0) is 0 Å². The third-order valence-electron chi connectivity index (χ3n) is 3.45. The van der Waals surface area contributed by atoms with Gasteiger partial charge in [0.25, 0.3) is 0 Å². The number of aliphatic hydroxyl groups is 1. The van der Waals surface area contributed by atoms with E-state index in [1.807, 2.05) is 12.1 Å². The molecule has 0 saturated carbocycles. The fourth-order valence-electron chi connectivity index (χ4n) is 2.45. The van der Waals surface area contributed by atoms with Crippen LogP contribution in [0.5, 0.6) is 0 Å². The van der Waals surface area contributed by atoms with E-state index in [0.717, 1.165) is 29.0 Å². The van der Waals surface area contributed by atoms with Gasteiger partial charge in [0.15, 0.2) is 0 Å². The second kappa shape index (κ2) is 5.40. The van der Waals surface area contributed by atoms with Crippen molar-refractivity contribution >= 4 is 21.6 Å². The Morgan fingerprint density at radius 3 is 2.82 bits per heavy atom. The Morgan fingerprint density at radius 2 is 2.24 bits per heavy atom. The molecule has 0 bridgehead atoms. The van der Waals surface area contributed by atoms with Gasteiger partial charge in [0.2, 0.25) is 0 Å². The van der Waals surface area contributed by atoms with Crippen LogP contribution in [0.1, 0.15) is 38.4 Å². The lowest BCUT2D eigenvalue weighted by Crippen LogP contribution is -2.34. The van der Waals surface area contributed by atoms with E-state index in [9.17, 15) is 5.11 Å². The van der Waals surface area contributed by atoms with Crippen LogP contribution in [0.2, 0.25) is 0 Å². The van der Waals surface area contributed by atoms with Crippen LogP contribution in [0, 0.1) is 5.92 Å². The lowest BCUT2D eigenvalue weighted by Gasteiger charge is -2.33. The van der Waals surface area contributed by atoms with Crippen molar-refractivity contribution in [2.45, 2.75) is 32.8 Å². The maximum absolute atomic E-state index is 9.56. The SMILES string of the molecule is CC1CCCN(c2ccc(C(C)O)cc2Br)C1. The monoisotopic (exact) mass is 297 g/mol. The number of anilines is 1. The van der Waals surface area contributed by atoms with Crippen LogP contribution in [0.15, 0.2) is 22.7 Å². The largest absolute Gasteiger partial charge is 0.389 e. The average Bonchev–Trinajstić information content (AvgIpc) is 2.28. The molecule has 0 radical (unpaired) electrons. The lowest BCUT2D eigenvalue weighted by molar-refractivity contribution is 0.199. The van der Waals surface area contributed by atoms with Gasteiger partial charge in [-0.25, -0.2) is 0 Å². The van der Waals surface area contributed by atoms with Gasteiger partial charge >= 0.3 is 0 Å². The third-order valence-corrected chi connectivity index (χ3v) is 4.09. The van der Waals surface area contributed by atoms with Gasteiger partial charge in [0, 0.05) is 17.6 Å². The summed E-state index contributed by atoms with van der Waals surface area (Å²) in [6, 6.07) is 6.16. The summed E-state index contributed by atoms with van der Waals surface area (Å²) in [5, 5.41) is 9.56. The molecule has 1 saturated heterocycles. The van der Waals surface area contributed by atoms with E-state index in [4.69, 9.17) is 0 Å². The Kier molecular flexibility index (Phi) is 4.10. The van der Waals surface area contributed by atoms with E-state index in [1.54, 1.807) is 6.92 Å². The van der Waals surface area contributed by atoms with E-state index >= 15 is 0 Å². The van der Waals surface area contributed by atoms with Gasteiger partial charge in [0.1, 0.15) is 0 Å². The number of piperidine rings is 1. The van der Waals surface area contributed by atoms with Crippen LogP contribution in [-0.4, -0.2) is 18.2 Å². The standard InChI is InChI=1S/C14H20BrNO/c1-10-4-3-7-16(9-10)14-6-5-12(11(2)17)8-13(14)15/h5-6,8,10-11,17H,3-4,7,9H2,1-2H3. The highest BCUT2D eigenvalue weighted by Gasteiger charge is 2.18. The zero-order valence-electron chi connectivity index (χ0n) is 10.5. The number of benzene rings is 1. The molecule has 17 heavy (non-hydrogen) atoms. The number of halogens is 1. The van der Waals surface area contributed by atoms with Gasteiger partial charge in [-0.2, -0.15) is 0 Å². The van der Waals surface area contributed by atoms with Crippen LogP contribution in [0.4, 0.5) is 5.69 Å². The van der Waals surface area contributed by atoms with Crippen molar-refractivity contribution in [3.8, 4) is 0 Å². The predicted octanol–water partition coefficient (Wildman–Crippen LogP) is 3.74. The first-order valence-electron chi connectivity index (χ1n) is 6.30. The van der Waals surface area contributed by atoms with Crippen molar-refractivity contribution in [1.29, 1.82) is 0 Å². The number of nitrogens with zero attached hydrogens (tertiary/aromatic N) is 1. The van der Waals surface area contributed by atoms with Crippen molar-refractivity contribution in [3.63, 3.8) is 0 Å². The molecule has 1 N–H and O–H groups in total. The van der Waals surface area contributed by atoms with Crippen LogP contribution < -0.4 is 4.90 Å². The predicted molar refractivity (Wildman–Crippen MR) is 75.4 cm³/mol. The number of aliphatic hydroxyl groups excluding tert-OH is 1. The molecule has 0 spiro atoms. The first-order valence-corrected chi connectivity index (χ1v) is 7.09. The normalized spacial score (nSPS) is 22.6. The smallest absolute Gasteiger partial charge is 0.0762 e. The van der Waals surface area contributed by atoms with Crippen molar-refractivity contribution < 1.29 is 5.11 Å². The molecule has 1 aromatic rings. The van der Waals surface area contributed by atoms with Gasteiger partial charge < -0.3 is 10.0 Å². The minimum Gasteiger partial charge on any atom is -0.389 e. The molecule has 0 amide bonds. The maximum Gasteiger partial charge on any atom is 0.0762 e. The summed E-state index contributed by atoms with van der Waals surface area (Å²) in [4.78, 5) is 2.43. The molecule has 1 aliphatic rings. The molecule has 2 atom stereocenters. The highest BCUT2D eigenvalue weighted by Crippen LogP contribution is 2.32. The van der Waals surface area contributed by atoms with Gasteiger partial charge in [0.05, 0.1) is 11.8 Å². The minimum absolute atomic E-state index is 0.402.